The molecule has 0 N–H and O–H groups in total. The third-order valence-corrected chi connectivity index (χ3v) is 1.02. The van der Waals surface area contributed by atoms with Gasteiger partial charge in [-0.3, -0.25) is 4.31 Å². The fourth-order valence-corrected chi connectivity index (χ4v) is 0.447. The van der Waals surface area contributed by atoms with Gasteiger partial charge in [-0.15, -0.1) is 0 Å². The van der Waals surface area contributed by atoms with E-state index < -0.39 is 0 Å². The lowest BCUT2D eigenvalue weighted by atomic mass is 10.6. The molecular formula is C12H27NS. The summed E-state index contributed by atoms with van der Waals surface area (Å²) in [7, 11) is 3.96. The Hall–Kier alpha value is -0.470. The number of allylic oxidation sites excluding steroid dienone is 2. The zero-order valence-electron chi connectivity index (χ0n) is 10.7. The van der Waals surface area contributed by atoms with Crippen LogP contribution in [0, 0.1) is 0 Å². The maximum Gasteiger partial charge on any atom is -0.00254 e. The van der Waals surface area contributed by atoms with Crippen molar-refractivity contribution in [3.63, 3.8) is 0 Å². The van der Waals surface area contributed by atoms with Crippen LogP contribution in [0.1, 0.15) is 27.7 Å². The van der Waals surface area contributed by atoms with E-state index in [1.54, 1.807) is 29.5 Å². The Labute approximate surface area is 95.7 Å². The van der Waals surface area contributed by atoms with Crippen molar-refractivity contribution < 1.29 is 0 Å². The first kappa shape index (κ1) is 23.4. The first-order valence-electron chi connectivity index (χ1n) is 4.87. The molecule has 0 saturated carbocycles. The molecule has 0 aliphatic carbocycles. The van der Waals surface area contributed by atoms with Gasteiger partial charge in [-0.2, -0.15) is 0 Å². The minimum absolute atomic E-state index is 1.58. The molecule has 0 rings (SSSR count). The van der Waals surface area contributed by atoms with Gasteiger partial charge in [0.25, 0.3) is 0 Å². The second-order valence-corrected chi connectivity index (χ2v) is 2.83. The van der Waals surface area contributed by atoms with Crippen molar-refractivity contribution in [3.8, 4) is 0 Å². The third-order valence-electron chi connectivity index (χ3n) is 0.452. The van der Waals surface area contributed by atoms with Gasteiger partial charge in [0, 0.05) is 0 Å². The predicted octanol–water partition coefficient (Wildman–Crippen LogP) is 4.75. The van der Waals surface area contributed by atoms with E-state index in [0.717, 1.165) is 0 Å². The number of hydrogen-bond acceptors (Lipinski definition) is 2. The first-order valence-corrected chi connectivity index (χ1v) is 5.71. The fourth-order valence-electron chi connectivity index (χ4n) is 0.149. The molecule has 0 amide bonds. The summed E-state index contributed by atoms with van der Waals surface area (Å²) in [6.07, 6.45) is 3.28. The molecule has 86 valence electrons. The molecule has 0 aliphatic rings. The van der Waals surface area contributed by atoms with E-state index in [9.17, 15) is 0 Å². The van der Waals surface area contributed by atoms with Crippen LogP contribution < -0.4 is 0 Å². The lowest BCUT2D eigenvalue weighted by Gasteiger charge is -1.99. The second-order valence-electron chi connectivity index (χ2n) is 1.56. The summed E-state index contributed by atoms with van der Waals surface area (Å²) in [5, 5.41) is 1.79. The lowest BCUT2D eigenvalue weighted by Crippen LogP contribution is -1.95. The van der Waals surface area contributed by atoms with Crippen LogP contribution in [0.25, 0.3) is 0 Å². The van der Waals surface area contributed by atoms with Gasteiger partial charge in [0.05, 0.1) is 0 Å². The van der Waals surface area contributed by atoms with Crippen molar-refractivity contribution in [1.29, 1.82) is 0 Å². The zero-order chi connectivity index (χ0) is 12.4. The number of rotatable bonds is 3. The van der Waals surface area contributed by atoms with Gasteiger partial charge < -0.3 is 0 Å². The third kappa shape index (κ3) is 103. The predicted molar refractivity (Wildman–Crippen MR) is 74.6 cm³/mol. The summed E-state index contributed by atoms with van der Waals surface area (Å²) in [5.41, 5.74) is 0. The molecule has 14 heavy (non-hydrogen) atoms. The summed E-state index contributed by atoms with van der Waals surface area (Å²) < 4.78 is 1.98. The Kier molecular flexibility index (Phi) is 65.3. The molecular weight excluding hydrogens is 190 g/mol. The van der Waals surface area contributed by atoms with Crippen molar-refractivity contribution in [2.24, 2.45) is 0 Å². The molecule has 1 nitrogen and oxygen atoms in total. The standard InChI is InChI=1S/C4H9NS.C4H6.2C2H6/c1-4-6-5(2)3;1-3-4-2;2*1-2/h4H,1H2,2-3H3;3-4H,1-2H2;2*1-2H3. The fraction of sp³-hybridized carbons (Fsp3) is 0.500. The highest BCUT2D eigenvalue weighted by Gasteiger charge is 1.76. The van der Waals surface area contributed by atoms with E-state index in [4.69, 9.17) is 0 Å². The maximum atomic E-state index is 3.52. The summed E-state index contributed by atoms with van der Waals surface area (Å²) in [6, 6.07) is 0. The van der Waals surface area contributed by atoms with Crippen molar-refractivity contribution in [1.82, 2.24) is 4.31 Å². The summed E-state index contributed by atoms with van der Waals surface area (Å²) in [5.74, 6) is 0. The normalized spacial score (nSPS) is 6.21. The van der Waals surface area contributed by atoms with E-state index in [2.05, 4.69) is 19.7 Å². The highest BCUT2D eigenvalue weighted by molar-refractivity contribution is 7.99. The topological polar surface area (TPSA) is 3.24 Å². The van der Waals surface area contributed by atoms with Gasteiger partial charge in [0.15, 0.2) is 0 Å². The van der Waals surface area contributed by atoms with Crippen molar-refractivity contribution in [2.45, 2.75) is 27.7 Å². The smallest absolute Gasteiger partial charge is 0.00254 e. The molecule has 0 atom stereocenters. The Bertz CT molecular complexity index is 92.5. The largest absolute Gasteiger partial charge is 0.253 e. The first-order chi connectivity index (χ1) is 6.68. The monoisotopic (exact) mass is 217 g/mol. The lowest BCUT2D eigenvalue weighted by molar-refractivity contribution is 0.708. The molecule has 0 fully saturated rings. The average Bonchev–Trinajstić information content (AvgIpc) is 2.24. The minimum atomic E-state index is 1.58. The quantitative estimate of drug-likeness (QED) is 0.496. The van der Waals surface area contributed by atoms with Crippen LogP contribution in [-0.2, 0) is 0 Å². The van der Waals surface area contributed by atoms with Gasteiger partial charge in [0.2, 0.25) is 0 Å². The van der Waals surface area contributed by atoms with Gasteiger partial charge in [-0.1, -0.05) is 71.5 Å². The Balaban J connectivity index is -0.0000000546. The molecule has 0 aliphatic heterocycles. The van der Waals surface area contributed by atoms with E-state index in [1.165, 1.54) is 0 Å². The van der Waals surface area contributed by atoms with Crippen LogP contribution >= 0.6 is 11.9 Å². The maximum absolute atomic E-state index is 3.52. The summed E-state index contributed by atoms with van der Waals surface area (Å²) in [6.45, 7) is 18.2. The highest BCUT2D eigenvalue weighted by Crippen LogP contribution is 2.00. The molecule has 0 bridgehead atoms. The van der Waals surface area contributed by atoms with Gasteiger partial charge in [-0.25, -0.2) is 0 Å². The molecule has 0 heterocycles. The van der Waals surface area contributed by atoms with Gasteiger partial charge in [-0.05, 0) is 19.5 Å². The number of hydrogen-bond donors (Lipinski definition) is 0. The van der Waals surface area contributed by atoms with Crippen LogP contribution in [0.3, 0.4) is 0 Å². The van der Waals surface area contributed by atoms with Crippen molar-refractivity contribution >= 4 is 11.9 Å². The molecule has 0 aromatic heterocycles. The molecule has 0 spiro atoms. The van der Waals surface area contributed by atoms with Crippen molar-refractivity contribution in [3.05, 3.63) is 37.3 Å². The second kappa shape index (κ2) is 39.1. The van der Waals surface area contributed by atoms with Crippen LogP contribution in [0.15, 0.2) is 37.3 Å². The van der Waals surface area contributed by atoms with E-state index in [1.807, 2.05) is 46.1 Å². The zero-order valence-corrected chi connectivity index (χ0v) is 11.5. The SMILES string of the molecule is C=CC=C.C=CSN(C)C.CC.CC. The van der Waals surface area contributed by atoms with Crippen LogP contribution in [-0.4, -0.2) is 18.4 Å². The van der Waals surface area contributed by atoms with Crippen molar-refractivity contribution in [2.75, 3.05) is 14.1 Å². The molecule has 2 heteroatoms. The van der Waals surface area contributed by atoms with Gasteiger partial charge >= 0.3 is 0 Å². The molecule has 0 aromatic rings. The minimum Gasteiger partial charge on any atom is -0.253 e. The molecule has 0 aromatic carbocycles. The van der Waals surface area contributed by atoms with E-state index >= 15 is 0 Å². The molecule has 0 radical (unpaired) electrons. The molecule has 0 unspecified atom stereocenters. The average molecular weight is 217 g/mol. The van der Waals surface area contributed by atoms with Crippen LogP contribution in [0.5, 0.6) is 0 Å². The Morgan fingerprint density at radius 3 is 1.14 bits per heavy atom. The molecule has 0 saturated heterocycles. The van der Waals surface area contributed by atoms with E-state index in [0.29, 0.717) is 0 Å². The summed E-state index contributed by atoms with van der Waals surface area (Å²) in [4.78, 5) is 0. The number of nitrogens with zero attached hydrogens (tertiary/aromatic N) is 1. The van der Waals surface area contributed by atoms with Crippen LogP contribution in [0.4, 0.5) is 0 Å². The summed E-state index contributed by atoms with van der Waals surface area (Å²) >= 11 is 1.58. The van der Waals surface area contributed by atoms with Crippen LogP contribution in [0.2, 0.25) is 0 Å². The van der Waals surface area contributed by atoms with Gasteiger partial charge in [0.1, 0.15) is 0 Å². The highest BCUT2D eigenvalue weighted by atomic mass is 32.2. The Morgan fingerprint density at radius 2 is 1.14 bits per heavy atom. The Morgan fingerprint density at radius 1 is 0.857 bits per heavy atom. The van der Waals surface area contributed by atoms with E-state index in [-0.39, 0.29) is 0 Å².